The molecular weight excluding hydrogens is 478 g/mol. The van der Waals surface area contributed by atoms with Gasteiger partial charge in [0.25, 0.3) is 0 Å². The van der Waals surface area contributed by atoms with Crippen molar-refractivity contribution >= 4 is 22.7 Å². The van der Waals surface area contributed by atoms with Crippen molar-refractivity contribution < 1.29 is 4.74 Å². The van der Waals surface area contributed by atoms with Crippen molar-refractivity contribution in [1.82, 2.24) is 0 Å². The predicted octanol–water partition coefficient (Wildman–Crippen LogP) is 10.0. The number of anilines is 4. The van der Waals surface area contributed by atoms with Crippen LogP contribution in [0.1, 0.15) is 121 Å². The van der Waals surface area contributed by atoms with E-state index in [4.69, 9.17) is 16.2 Å². The van der Waals surface area contributed by atoms with Crippen LogP contribution in [0, 0.1) is 38.5 Å². The minimum absolute atomic E-state index is 0.0887. The molecular formula is C35H57N3O. The largest absolute Gasteiger partial charge is 0.487 e. The summed E-state index contributed by atoms with van der Waals surface area (Å²) in [5, 5.41) is 3.59. The first kappa shape index (κ1) is 31.2. The number of hydrogen-bond acceptors (Lipinski definition) is 4. The van der Waals surface area contributed by atoms with Crippen LogP contribution in [0.4, 0.5) is 22.7 Å². The normalized spacial score (nSPS) is 18.5. The zero-order valence-corrected chi connectivity index (χ0v) is 26.3. The molecule has 2 aromatic carbocycles. The van der Waals surface area contributed by atoms with E-state index in [0.717, 1.165) is 54.1 Å². The van der Waals surface area contributed by atoms with Gasteiger partial charge >= 0.3 is 0 Å². The average Bonchev–Trinajstić information content (AvgIpc) is 2.87. The summed E-state index contributed by atoms with van der Waals surface area (Å²) in [6.07, 6.45) is 14.1. The van der Waals surface area contributed by atoms with E-state index in [0.29, 0.717) is 11.4 Å². The monoisotopic (exact) mass is 535 g/mol. The first-order valence-electron chi connectivity index (χ1n) is 15.6. The maximum Gasteiger partial charge on any atom is 0.126 e. The third-order valence-electron chi connectivity index (χ3n) is 9.24. The summed E-state index contributed by atoms with van der Waals surface area (Å²) in [7, 11) is 0. The zero-order chi connectivity index (χ0) is 28.7. The van der Waals surface area contributed by atoms with Crippen LogP contribution >= 0.6 is 0 Å². The van der Waals surface area contributed by atoms with Gasteiger partial charge in [0.1, 0.15) is 11.4 Å². The van der Waals surface area contributed by atoms with Crippen LogP contribution in [0.5, 0.6) is 5.75 Å². The van der Waals surface area contributed by atoms with Gasteiger partial charge in [0, 0.05) is 11.4 Å². The summed E-state index contributed by atoms with van der Waals surface area (Å²) in [6, 6.07) is 5.61. The average molecular weight is 536 g/mol. The van der Waals surface area contributed by atoms with Crippen molar-refractivity contribution in [2.75, 3.05) is 16.8 Å². The van der Waals surface area contributed by atoms with Crippen molar-refractivity contribution in [3.05, 3.63) is 40.5 Å². The van der Waals surface area contributed by atoms with Crippen LogP contribution in [0.25, 0.3) is 0 Å². The van der Waals surface area contributed by atoms with Crippen LogP contribution in [0.2, 0.25) is 0 Å². The van der Waals surface area contributed by atoms with E-state index in [1.165, 1.54) is 73.6 Å². The molecule has 0 fully saturated rings. The van der Waals surface area contributed by atoms with E-state index in [1.807, 2.05) is 18.2 Å². The van der Waals surface area contributed by atoms with Gasteiger partial charge in [-0.2, -0.15) is 0 Å². The number of nitrogens with one attached hydrogen (secondary N) is 1. The van der Waals surface area contributed by atoms with Gasteiger partial charge in [-0.15, -0.1) is 0 Å². The second kappa shape index (κ2) is 13.8. The van der Waals surface area contributed by atoms with Crippen LogP contribution in [0.3, 0.4) is 0 Å². The lowest BCUT2D eigenvalue weighted by atomic mass is 9.83. The highest BCUT2D eigenvalue weighted by molar-refractivity contribution is 5.80. The van der Waals surface area contributed by atoms with Crippen LogP contribution < -0.4 is 21.5 Å². The number of nitrogen functional groups attached to an aromatic ring is 2. The summed E-state index contributed by atoms with van der Waals surface area (Å²) in [5.74, 6) is 3.61. The molecule has 0 aromatic heterocycles. The van der Waals surface area contributed by atoms with Crippen LogP contribution in [-0.2, 0) is 6.42 Å². The van der Waals surface area contributed by atoms with Gasteiger partial charge in [0.2, 0.25) is 0 Å². The van der Waals surface area contributed by atoms with Gasteiger partial charge in [-0.05, 0) is 112 Å². The van der Waals surface area contributed by atoms with E-state index >= 15 is 0 Å². The predicted molar refractivity (Wildman–Crippen MR) is 171 cm³/mol. The number of hydrogen-bond donors (Lipinski definition) is 3. The lowest BCUT2D eigenvalue weighted by molar-refractivity contribution is 0.0514. The zero-order valence-electron chi connectivity index (χ0n) is 26.3. The van der Waals surface area contributed by atoms with Crippen molar-refractivity contribution in [3.63, 3.8) is 0 Å². The minimum Gasteiger partial charge on any atom is -0.487 e. The molecule has 3 rings (SSSR count). The fourth-order valence-corrected chi connectivity index (χ4v) is 6.30. The highest BCUT2D eigenvalue weighted by atomic mass is 16.5. The molecule has 5 N–H and O–H groups in total. The molecule has 2 aromatic rings. The SMILES string of the molecule is Cc1c(C)c2c(c(C)c1Nc1cc(N)ccc1N)CCC(C)(CCCC(C)CCCC(C)CCCC(C)C)O2. The molecule has 4 heteroatoms. The van der Waals surface area contributed by atoms with Crippen molar-refractivity contribution in [3.8, 4) is 5.75 Å². The second-order valence-corrected chi connectivity index (χ2v) is 13.4. The van der Waals surface area contributed by atoms with Gasteiger partial charge in [-0.3, -0.25) is 0 Å². The fraction of sp³-hybridized carbons (Fsp3) is 0.657. The quantitative estimate of drug-likeness (QED) is 0.210. The molecule has 1 aliphatic heterocycles. The Labute approximate surface area is 239 Å². The Bertz CT molecular complexity index is 1090. The Morgan fingerprint density at radius 3 is 2.10 bits per heavy atom. The van der Waals surface area contributed by atoms with E-state index in [9.17, 15) is 0 Å². The van der Waals surface area contributed by atoms with Crippen molar-refractivity contribution in [2.45, 2.75) is 132 Å². The van der Waals surface area contributed by atoms with Gasteiger partial charge in [0.05, 0.1) is 11.4 Å². The molecule has 1 aliphatic rings. The third kappa shape index (κ3) is 8.56. The van der Waals surface area contributed by atoms with Crippen LogP contribution in [-0.4, -0.2) is 5.60 Å². The van der Waals surface area contributed by atoms with Gasteiger partial charge in [-0.25, -0.2) is 0 Å². The molecule has 3 unspecified atom stereocenters. The van der Waals surface area contributed by atoms with Gasteiger partial charge in [0.15, 0.2) is 0 Å². The van der Waals surface area contributed by atoms with Gasteiger partial charge < -0.3 is 21.5 Å². The maximum atomic E-state index is 6.84. The molecule has 3 atom stereocenters. The summed E-state index contributed by atoms with van der Waals surface area (Å²) >= 11 is 0. The standard InChI is InChI=1S/C35H57N3O/c1-23(2)12-9-13-24(3)14-10-15-25(4)16-11-20-35(8)21-19-30-28(7)33(26(5)27(6)34(30)39-35)38-32-22-29(36)17-18-31(32)37/h17-18,22-25,38H,9-16,19-21,36-37H2,1-8H3. The smallest absolute Gasteiger partial charge is 0.126 e. The van der Waals surface area contributed by atoms with E-state index in [2.05, 4.69) is 60.7 Å². The molecule has 218 valence electrons. The first-order chi connectivity index (χ1) is 18.4. The topological polar surface area (TPSA) is 73.3 Å². The van der Waals surface area contributed by atoms with E-state index in [-0.39, 0.29) is 5.60 Å². The Hall–Kier alpha value is -2.36. The Kier molecular flexibility index (Phi) is 11.0. The first-order valence-corrected chi connectivity index (χ1v) is 15.6. The molecule has 0 radical (unpaired) electrons. The molecule has 0 bridgehead atoms. The Balaban J connectivity index is 1.54. The number of benzene rings is 2. The third-order valence-corrected chi connectivity index (χ3v) is 9.24. The molecule has 0 spiro atoms. The van der Waals surface area contributed by atoms with E-state index in [1.54, 1.807) is 0 Å². The summed E-state index contributed by atoms with van der Waals surface area (Å²) < 4.78 is 6.84. The molecule has 4 nitrogen and oxygen atoms in total. The maximum absolute atomic E-state index is 6.84. The lowest BCUT2D eigenvalue weighted by Gasteiger charge is -2.39. The molecule has 0 saturated carbocycles. The molecule has 0 saturated heterocycles. The minimum atomic E-state index is -0.0887. The summed E-state index contributed by atoms with van der Waals surface area (Å²) in [5.41, 5.74) is 20.6. The van der Waals surface area contributed by atoms with Gasteiger partial charge in [-0.1, -0.05) is 72.6 Å². The highest BCUT2D eigenvalue weighted by Gasteiger charge is 2.34. The molecule has 0 amide bonds. The fourth-order valence-electron chi connectivity index (χ4n) is 6.30. The number of ether oxygens (including phenoxy) is 1. The van der Waals surface area contributed by atoms with Crippen molar-refractivity contribution in [1.29, 1.82) is 0 Å². The Morgan fingerprint density at radius 1 is 0.846 bits per heavy atom. The summed E-state index contributed by atoms with van der Waals surface area (Å²) in [6.45, 7) is 18.5. The van der Waals surface area contributed by atoms with Crippen molar-refractivity contribution in [2.24, 2.45) is 17.8 Å². The molecule has 39 heavy (non-hydrogen) atoms. The lowest BCUT2D eigenvalue weighted by Crippen LogP contribution is -2.37. The molecule has 1 heterocycles. The second-order valence-electron chi connectivity index (χ2n) is 13.4. The number of fused-ring (bicyclic) bond motifs is 1. The number of nitrogens with two attached hydrogens (primary N) is 2. The van der Waals surface area contributed by atoms with Crippen LogP contribution in [0.15, 0.2) is 18.2 Å². The molecule has 0 aliphatic carbocycles. The Morgan fingerprint density at radius 2 is 1.46 bits per heavy atom. The van der Waals surface area contributed by atoms with E-state index < -0.39 is 0 Å². The summed E-state index contributed by atoms with van der Waals surface area (Å²) in [4.78, 5) is 0. The number of rotatable bonds is 14. The highest BCUT2D eigenvalue weighted by Crippen LogP contribution is 2.45.